The van der Waals surface area contributed by atoms with Gasteiger partial charge in [-0.25, -0.2) is 0 Å². The summed E-state index contributed by atoms with van der Waals surface area (Å²) < 4.78 is 0. The normalized spacial score (nSPS) is 13.4. The standard InChI is InChI=1S/C17H17Br/c18-12-6-5-11-17-15-9-3-1-7-13(15)14-8-2-4-10-16(14)17/h1-4,7-10,17H,5-6,11-12H2. The highest BCUT2D eigenvalue weighted by Gasteiger charge is 2.26. The summed E-state index contributed by atoms with van der Waals surface area (Å²) in [5.41, 5.74) is 5.93. The van der Waals surface area contributed by atoms with Crippen LogP contribution in [0.3, 0.4) is 0 Å². The lowest BCUT2D eigenvalue weighted by Gasteiger charge is -2.12. The Bertz CT molecular complexity index is 499. The van der Waals surface area contributed by atoms with E-state index in [0.29, 0.717) is 5.92 Å². The molecule has 0 amide bonds. The topological polar surface area (TPSA) is 0 Å². The van der Waals surface area contributed by atoms with Crippen molar-refractivity contribution in [1.29, 1.82) is 0 Å². The van der Waals surface area contributed by atoms with Gasteiger partial charge in [0, 0.05) is 11.2 Å². The average Bonchev–Trinajstić information content (AvgIpc) is 2.74. The summed E-state index contributed by atoms with van der Waals surface area (Å²) in [7, 11) is 0. The summed E-state index contributed by atoms with van der Waals surface area (Å²) in [6, 6.07) is 17.8. The quantitative estimate of drug-likeness (QED) is 0.526. The molecule has 3 rings (SSSR count). The first kappa shape index (κ1) is 12.0. The SMILES string of the molecule is BrCCCCC1c2ccccc2-c2ccccc21. The molecule has 1 aliphatic carbocycles. The van der Waals surface area contributed by atoms with Gasteiger partial charge in [0.25, 0.3) is 0 Å². The third kappa shape index (κ3) is 2.01. The number of hydrogen-bond acceptors (Lipinski definition) is 0. The van der Waals surface area contributed by atoms with Crippen LogP contribution in [0.5, 0.6) is 0 Å². The van der Waals surface area contributed by atoms with Crippen molar-refractivity contribution in [3.63, 3.8) is 0 Å². The van der Waals surface area contributed by atoms with E-state index in [4.69, 9.17) is 0 Å². The first-order valence-corrected chi connectivity index (χ1v) is 7.78. The van der Waals surface area contributed by atoms with E-state index in [1.54, 1.807) is 0 Å². The second-order valence-corrected chi connectivity index (χ2v) is 5.70. The van der Waals surface area contributed by atoms with Crippen LogP contribution in [-0.2, 0) is 0 Å². The van der Waals surface area contributed by atoms with Gasteiger partial charge in [-0.05, 0) is 35.1 Å². The molecule has 0 aliphatic heterocycles. The van der Waals surface area contributed by atoms with Crippen LogP contribution >= 0.6 is 15.9 Å². The number of alkyl halides is 1. The van der Waals surface area contributed by atoms with Gasteiger partial charge in [-0.15, -0.1) is 0 Å². The molecule has 0 atom stereocenters. The molecule has 0 unspecified atom stereocenters. The Labute approximate surface area is 117 Å². The first-order valence-electron chi connectivity index (χ1n) is 6.66. The number of rotatable bonds is 4. The molecular weight excluding hydrogens is 284 g/mol. The van der Waals surface area contributed by atoms with Gasteiger partial charge in [0.2, 0.25) is 0 Å². The van der Waals surface area contributed by atoms with Gasteiger partial charge >= 0.3 is 0 Å². The van der Waals surface area contributed by atoms with Gasteiger partial charge in [-0.1, -0.05) is 70.9 Å². The summed E-state index contributed by atoms with van der Waals surface area (Å²) in [6.45, 7) is 0. The Morgan fingerprint density at radius 3 is 1.89 bits per heavy atom. The lowest BCUT2D eigenvalue weighted by molar-refractivity contribution is 0.664. The van der Waals surface area contributed by atoms with E-state index < -0.39 is 0 Å². The molecule has 1 heteroatoms. The second kappa shape index (κ2) is 5.27. The zero-order valence-corrected chi connectivity index (χ0v) is 12.0. The monoisotopic (exact) mass is 300 g/mol. The lowest BCUT2D eigenvalue weighted by atomic mass is 9.92. The average molecular weight is 301 g/mol. The van der Waals surface area contributed by atoms with E-state index in [1.165, 1.54) is 41.5 Å². The molecule has 2 aromatic rings. The maximum absolute atomic E-state index is 3.52. The molecule has 0 radical (unpaired) electrons. The Balaban J connectivity index is 1.98. The molecule has 1 aliphatic rings. The largest absolute Gasteiger partial charge is 0.0928 e. The van der Waals surface area contributed by atoms with Crippen LogP contribution < -0.4 is 0 Å². The predicted molar refractivity (Wildman–Crippen MR) is 81.4 cm³/mol. The molecule has 0 fully saturated rings. The fourth-order valence-corrected chi connectivity index (χ4v) is 3.41. The summed E-state index contributed by atoms with van der Waals surface area (Å²) >= 11 is 3.52. The maximum Gasteiger partial charge on any atom is 0.0102 e. The van der Waals surface area contributed by atoms with E-state index >= 15 is 0 Å². The van der Waals surface area contributed by atoms with Crippen molar-refractivity contribution in [2.45, 2.75) is 25.2 Å². The highest BCUT2D eigenvalue weighted by atomic mass is 79.9. The van der Waals surface area contributed by atoms with Gasteiger partial charge < -0.3 is 0 Å². The third-order valence-corrected chi connectivity index (χ3v) is 4.40. The Kier molecular flexibility index (Phi) is 3.51. The Hall–Kier alpha value is -1.08. The number of fused-ring (bicyclic) bond motifs is 3. The minimum atomic E-state index is 0.608. The van der Waals surface area contributed by atoms with Crippen LogP contribution in [-0.4, -0.2) is 5.33 Å². The van der Waals surface area contributed by atoms with Gasteiger partial charge in [0.15, 0.2) is 0 Å². The van der Waals surface area contributed by atoms with E-state index in [2.05, 4.69) is 64.5 Å². The molecule has 0 nitrogen and oxygen atoms in total. The summed E-state index contributed by atoms with van der Waals surface area (Å²) in [5.74, 6) is 0.608. The van der Waals surface area contributed by atoms with Crippen LogP contribution in [0, 0.1) is 0 Å². The van der Waals surface area contributed by atoms with Gasteiger partial charge in [-0.3, -0.25) is 0 Å². The Morgan fingerprint density at radius 2 is 1.33 bits per heavy atom. The van der Waals surface area contributed by atoms with Gasteiger partial charge in [0.1, 0.15) is 0 Å². The number of unbranched alkanes of at least 4 members (excludes halogenated alkanes) is 1. The zero-order valence-electron chi connectivity index (χ0n) is 10.4. The van der Waals surface area contributed by atoms with Gasteiger partial charge in [0.05, 0.1) is 0 Å². The minimum absolute atomic E-state index is 0.608. The van der Waals surface area contributed by atoms with Crippen LogP contribution in [0.2, 0.25) is 0 Å². The van der Waals surface area contributed by atoms with E-state index in [1.807, 2.05) is 0 Å². The van der Waals surface area contributed by atoms with Crippen molar-refractivity contribution < 1.29 is 0 Å². The molecule has 0 bridgehead atoms. The maximum atomic E-state index is 3.52. The van der Waals surface area contributed by atoms with Crippen LogP contribution in [0.4, 0.5) is 0 Å². The first-order chi connectivity index (χ1) is 8.92. The number of halogens is 1. The van der Waals surface area contributed by atoms with E-state index in [9.17, 15) is 0 Å². The minimum Gasteiger partial charge on any atom is -0.0928 e. The van der Waals surface area contributed by atoms with Crippen LogP contribution in [0.15, 0.2) is 48.5 Å². The molecule has 18 heavy (non-hydrogen) atoms. The molecule has 92 valence electrons. The van der Waals surface area contributed by atoms with E-state index in [0.717, 1.165) is 5.33 Å². The molecule has 0 saturated carbocycles. The van der Waals surface area contributed by atoms with E-state index in [-0.39, 0.29) is 0 Å². The van der Waals surface area contributed by atoms with Crippen molar-refractivity contribution in [3.8, 4) is 11.1 Å². The predicted octanol–water partition coefficient (Wildman–Crippen LogP) is 5.36. The van der Waals surface area contributed by atoms with Crippen molar-refractivity contribution in [2.75, 3.05) is 5.33 Å². The highest BCUT2D eigenvalue weighted by molar-refractivity contribution is 9.09. The molecule has 0 aromatic heterocycles. The second-order valence-electron chi connectivity index (χ2n) is 4.91. The molecule has 0 heterocycles. The fraction of sp³-hybridized carbons (Fsp3) is 0.294. The van der Waals surface area contributed by atoms with Crippen molar-refractivity contribution in [1.82, 2.24) is 0 Å². The van der Waals surface area contributed by atoms with Gasteiger partial charge in [-0.2, -0.15) is 0 Å². The van der Waals surface area contributed by atoms with Crippen molar-refractivity contribution in [2.24, 2.45) is 0 Å². The smallest absolute Gasteiger partial charge is 0.0102 e. The Morgan fingerprint density at radius 1 is 0.778 bits per heavy atom. The number of hydrogen-bond donors (Lipinski definition) is 0. The third-order valence-electron chi connectivity index (χ3n) is 3.84. The summed E-state index contributed by atoms with van der Waals surface area (Å²) in [4.78, 5) is 0. The molecule has 0 spiro atoms. The molecular formula is C17H17Br. The van der Waals surface area contributed by atoms with Crippen LogP contribution in [0.25, 0.3) is 11.1 Å². The lowest BCUT2D eigenvalue weighted by Crippen LogP contribution is -1.96. The summed E-state index contributed by atoms with van der Waals surface area (Å²) in [5, 5.41) is 1.11. The molecule has 0 saturated heterocycles. The zero-order chi connectivity index (χ0) is 12.4. The fourth-order valence-electron chi connectivity index (χ4n) is 3.01. The van der Waals surface area contributed by atoms with Crippen molar-refractivity contribution in [3.05, 3.63) is 59.7 Å². The van der Waals surface area contributed by atoms with Crippen molar-refractivity contribution >= 4 is 15.9 Å². The van der Waals surface area contributed by atoms with Crippen LogP contribution in [0.1, 0.15) is 36.3 Å². The number of benzene rings is 2. The highest BCUT2D eigenvalue weighted by Crippen LogP contribution is 2.46. The molecule has 2 aromatic carbocycles. The molecule has 0 N–H and O–H groups in total. The summed E-state index contributed by atoms with van der Waals surface area (Å²) in [6.07, 6.45) is 3.82.